The van der Waals surface area contributed by atoms with Gasteiger partial charge in [0.2, 0.25) is 6.79 Å². The van der Waals surface area contributed by atoms with Crippen molar-refractivity contribution in [2.24, 2.45) is 5.73 Å². The molecule has 0 radical (unpaired) electrons. The standard InChI is InChI=1S/C14H18N2O3S/c15-14(20)13(16-5-3-10(17)4-6-16)9-1-2-11-12(7-9)19-8-18-11/h1-2,7,10,13,17H,3-6,8H2,(H2,15,20). The molecule has 1 saturated heterocycles. The molecule has 1 aromatic carbocycles. The molecule has 3 N–H and O–H groups in total. The summed E-state index contributed by atoms with van der Waals surface area (Å²) in [4.78, 5) is 2.66. The van der Waals surface area contributed by atoms with E-state index in [1.165, 1.54) is 0 Å². The van der Waals surface area contributed by atoms with Crippen molar-refractivity contribution in [1.82, 2.24) is 4.90 Å². The maximum absolute atomic E-state index is 9.62. The molecule has 0 aliphatic carbocycles. The second-order valence-corrected chi connectivity index (χ2v) is 5.66. The highest BCUT2D eigenvalue weighted by Crippen LogP contribution is 2.36. The normalized spacial score (nSPS) is 20.9. The third-order valence-electron chi connectivity index (χ3n) is 3.85. The summed E-state index contributed by atoms with van der Waals surface area (Å²) in [6.45, 7) is 1.83. The van der Waals surface area contributed by atoms with Crippen LogP contribution in [0.1, 0.15) is 24.4 Å². The van der Waals surface area contributed by atoms with E-state index in [0.29, 0.717) is 4.99 Å². The van der Waals surface area contributed by atoms with Crippen molar-refractivity contribution in [2.75, 3.05) is 19.9 Å². The molecule has 0 aromatic heterocycles. The molecule has 20 heavy (non-hydrogen) atoms. The van der Waals surface area contributed by atoms with Crippen LogP contribution < -0.4 is 15.2 Å². The van der Waals surface area contributed by atoms with Gasteiger partial charge in [-0.1, -0.05) is 18.3 Å². The van der Waals surface area contributed by atoms with E-state index < -0.39 is 0 Å². The van der Waals surface area contributed by atoms with E-state index in [2.05, 4.69) is 4.90 Å². The van der Waals surface area contributed by atoms with Crippen molar-refractivity contribution in [3.05, 3.63) is 23.8 Å². The number of nitrogens with zero attached hydrogens (tertiary/aromatic N) is 1. The lowest BCUT2D eigenvalue weighted by atomic mass is 10.00. The molecular formula is C14H18N2O3S. The second-order valence-electron chi connectivity index (χ2n) is 5.18. The van der Waals surface area contributed by atoms with Gasteiger partial charge >= 0.3 is 0 Å². The molecule has 5 nitrogen and oxygen atoms in total. The number of likely N-dealkylation sites (tertiary alicyclic amines) is 1. The summed E-state index contributed by atoms with van der Waals surface area (Å²) in [5, 5.41) is 9.62. The number of aliphatic hydroxyl groups excluding tert-OH is 1. The highest BCUT2D eigenvalue weighted by molar-refractivity contribution is 7.80. The minimum Gasteiger partial charge on any atom is -0.454 e. The first-order chi connectivity index (χ1) is 9.65. The SMILES string of the molecule is NC(=S)C(c1ccc2c(c1)OCO2)N1CCC(O)CC1. The Bertz CT molecular complexity index is 515. The van der Waals surface area contributed by atoms with Crippen LogP contribution in [0.5, 0.6) is 11.5 Å². The molecule has 6 heteroatoms. The molecule has 2 aliphatic rings. The third kappa shape index (κ3) is 2.59. The Morgan fingerprint density at radius 1 is 1.30 bits per heavy atom. The molecule has 2 heterocycles. The van der Waals surface area contributed by atoms with Crippen molar-refractivity contribution in [3.8, 4) is 11.5 Å². The fraction of sp³-hybridized carbons (Fsp3) is 0.500. The summed E-state index contributed by atoms with van der Waals surface area (Å²) in [6.07, 6.45) is 1.29. The van der Waals surface area contributed by atoms with Gasteiger partial charge in [-0.25, -0.2) is 0 Å². The van der Waals surface area contributed by atoms with Crippen LogP contribution in [0, 0.1) is 0 Å². The molecule has 0 amide bonds. The van der Waals surface area contributed by atoms with Crippen LogP contribution in [-0.2, 0) is 0 Å². The van der Waals surface area contributed by atoms with Gasteiger partial charge in [-0.3, -0.25) is 4.90 Å². The zero-order valence-corrected chi connectivity index (χ0v) is 11.9. The average Bonchev–Trinajstić information content (AvgIpc) is 2.88. The van der Waals surface area contributed by atoms with Gasteiger partial charge in [0.1, 0.15) is 0 Å². The summed E-state index contributed by atoms with van der Waals surface area (Å²) in [7, 11) is 0. The molecule has 1 fully saturated rings. The lowest BCUT2D eigenvalue weighted by Crippen LogP contribution is -2.43. The van der Waals surface area contributed by atoms with E-state index in [4.69, 9.17) is 27.4 Å². The zero-order valence-electron chi connectivity index (χ0n) is 11.1. The van der Waals surface area contributed by atoms with Crippen LogP contribution >= 0.6 is 12.2 Å². The fourth-order valence-corrected chi connectivity index (χ4v) is 3.07. The second kappa shape index (κ2) is 5.55. The number of ether oxygens (including phenoxy) is 2. The van der Waals surface area contributed by atoms with Gasteiger partial charge in [-0.15, -0.1) is 0 Å². The lowest BCUT2D eigenvalue weighted by molar-refractivity contribution is 0.0739. The quantitative estimate of drug-likeness (QED) is 0.817. The van der Waals surface area contributed by atoms with Gasteiger partial charge in [0.05, 0.1) is 17.1 Å². The summed E-state index contributed by atoms with van der Waals surface area (Å²) >= 11 is 5.24. The van der Waals surface area contributed by atoms with Crippen molar-refractivity contribution in [2.45, 2.75) is 25.0 Å². The Labute approximate surface area is 123 Å². The molecule has 0 saturated carbocycles. The summed E-state index contributed by atoms with van der Waals surface area (Å²) in [5.41, 5.74) is 6.95. The minimum absolute atomic E-state index is 0.119. The van der Waals surface area contributed by atoms with Crippen LogP contribution in [-0.4, -0.2) is 41.0 Å². The Morgan fingerprint density at radius 2 is 2.00 bits per heavy atom. The Morgan fingerprint density at radius 3 is 2.70 bits per heavy atom. The Balaban J connectivity index is 1.85. The molecule has 0 spiro atoms. The smallest absolute Gasteiger partial charge is 0.231 e. The van der Waals surface area contributed by atoms with E-state index in [-0.39, 0.29) is 18.9 Å². The maximum atomic E-state index is 9.62. The van der Waals surface area contributed by atoms with Crippen molar-refractivity contribution < 1.29 is 14.6 Å². The number of hydrogen-bond acceptors (Lipinski definition) is 5. The van der Waals surface area contributed by atoms with Crippen LogP contribution in [0.15, 0.2) is 18.2 Å². The molecule has 3 rings (SSSR count). The Kier molecular flexibility index (Phi) is 3.78. The number of rotatable bonds is 3. The van der Waals surface area contributed by atoms with E-state index >= 15 is 0 Å². The van der Waals surface area contributed by atoms with Crippen molar-refractivity contribution >= 4 is 17.2 Å². The summed E-state index contributed by atoms with van der Waals surface area (Å²) < 4.78 is 10.7. The number of thiocarbonyl (C=S) groups is 1. The van der Waals surface area contributed by atoms with Gasteiger partial charge in [-0.2, -0.15) is 0 Å². The Hall–Kier alpha value is -1.37. The van der Waals surface area contributed by atoms with E-state index in [9.17, 15) is 5.11 Å². The van der Waals surface area contributed by atoms with Gasteiger partial charge in [0, 0.05) is 13.1 Å². The van der Waals surface area contributed by atoms with E-state index in [1.54, 1.807) is 0 Å². The van der Waals surface area contributed by atoms with Gasteiger partial charge < -0.3 is 20.3 Å². The van der Waals surface area contributed by atoms with Crippen LogP contribution in [0.4, 0.5) is 0 Å². The number of nitrogens with two attached hydrogens (primary N) is 1. The third-order valence-corrected chi connectivity index (χ3v) is 4.07. The van der Waals surface area contributed by atoms with Crippen LogP contribution in [0.2, 0.25) is 0 Å². The predicted octanol–water partition coefficient (Wildman–Crippen LogP) is 1.20. The van der Waals surface area contributed by atoms with Gasteiger partial charge in [0.15, 0.2) is 11.5 Å². The lowest BCUT2D eigenvalue weighted by Gasteiger charge is -2.35. The average molecular weight is 294 g/mol. The zero-order chi connectivity index (χ0) is 14.1. The molecular weight excluding hydrogens is 276 g/mol. The summed E-state index contributed by atoms with van der Waals surface area (Å²) in [6, 6.07) is 5.69. The minimum atomic E-state index is -0.213. The maximum Gasteiger partial charge on any atom is 0.231 e. The molecule has 1 atom stereocenters. The van der Waals surface area contributed by atoms with E-state index in [1.807, 2.05) is 18.2 Å². The molecule has 2 aliphatic heterocycles. The molecule has 108 valence electrons. The van der Waals surface area contributed by atoms with Crippen molar-refractivity contribution in [1.29, 1.82) is 0 Å². The number of hydrogen-bond donors (Lipinski definition) is 2. The predicted molar refractivity (Wildman–Crippen MR) is 78.9 cm³/mol. The first-order valence-corrected chi connectivity index (χ1v) is 7.17. The van der Waals surface area contributed by atoms with E-state index in [0.717, 1.165) is 43.0 Å². The van der Waals surface area contributed by atoms with Gasteiger partial charge in [-0.05, 0) is 30.5 Å². The first-order valence-electron chi connectivity index (χ1n) is 6.76. The summed E-state index contributed by atoms with van der Waals surface area (Å²) in [5.74, 6) is 1.49. The topological polar surface area (TPSA) is 68.0 Å². The monoisotopic (exact) mass is 294 g/mol. The fourth-order valence-electron chi connectivity index (χ4n) is 2.78. The number of fused-ring (bicyclic) bond motifs is 1. The van der Waals surface area contributed by atoms with Gasteiger partial charge in [0.25, 0.3) is 0 Å². The number of benzene rings is 1. The van der Waals surface area contributed by atoms with Crippen molar-refractivity contribution in [3.63, 3.8) is 0 Å². The largest absolute Gasteiger partial charge is 0.454 e. The number of aliphatic hydroxyl groups is 1. The highest BCUT2D eigenvalue weighted by Gasteiger charge is 2.28. The highest BCUT2D eigenvalue weighted by atomic mass is 32.1. The molecule has 0 bridgehead atoms. The first kappa shape index (κ1) is 13.6. The molecule has 1 unspecified atom stereocenters. The van der Waals surface area contributed by atoms with Crippen LogP contribution in [0.25, 0.3) is 0 Å². The van der Waals surface area contributed by atoms with Crippen LogP contribution in [0.3, 0.4) is 0 Å². The molecule has 1 aromatic rings. The number of piperidine rings is 1.